The molecule has 0 bridgehead atoms. The Labute approximate surface area is 215 Å². The molecule has 2 fully saturated rings. The fourth-order valence-corrected chi connectivity index (χ4v) is 7.37. The van der Waals surface area contributed by atoms with Crippen molar-refractivity contribution in [3.05, 3.63) is 76.9 Å². The van der Waals surface area contributed by atoms with E-state index in [1.165, 1.54) is 23.3 Å². The third-order valence-corrected chi connectivity index (χ3v) is 9.70. The van der Waals surface area contributed by atoms with E-state index in [0.717, 1.165) is 35.3 Å². The average Bonchev–Trinajstić information content (AvgIpc) is 3.16. The summed E-state index contributed by atoms with van der Waals surface area (Å²) in [5.74, 6) is 2.05. The molecule has 0 aromatic heterocycles. The van der Waals surface area contributed by atoms with Gasteiger partial charge in [-0.2, -0.15) is 0 Å². The van der Waals surface area contributed by atoms with Crippen LogP contribution in [0.4, 0.5) is 0 Å². The van der Waals surface area contributed by atoms with Gasteiger partial charge in [0.15, 0.2) is 0 Å². The predicted octanol–water partition coefficient (Wildman–Crippen LogP) is 6.70. The molecule has 2 saturated carbocycles. The Morgan fingerprint density at radius 2 is 2.03 bits per heavy atom. The lowest BCUT2D eigenvalue weighted by Gasteiger charge is -2.42. The van der Waals surface area contributed by atoms with Crippen molar-refractivity contribution in [3.8, 4) is 0 Å². The van der Waals surface area contributed by atoms with E-state index in [9.17, 15) is 15.3 Å². The van der Waals surface area contributed by atoms with E-state index in [1.807, 2.05) is 37.7 Å². The van der Waals surface area contributed by atoms with Crippen LogP contribution in [0.5, 0.6) is 0 Å². The highest BCUT2D eigenvalue weighted by Gasteiger charge is 2.46. The molecule has 3 aliphatic rings. The third-order valence-electron chi connectivity index (χ3n) is 8.45. The molecule has 0 heterocycles. The van der Waals surface area contributed by atoms with Gasteiger partial charge in [0, 0.05) is 17.1 Å². The molecule has 5 atom stereocenters. The number of rotatable bonds is 6. The molecule has 35 heavy (non-hydrogen) atoms. The molecule has 0 saturated heterocycles. The minimum atomic E-state index is -0.822. The number of thioether (sulfide) groups is 1. The maximum atomic E-state index is 10.4. The molecule has 3 aliphatic carbocycles. The summed E-state index contributed by atoms with van der Waals surface area (Å²) < 4.78 is 0. The lowest BCUT2D eigenvalue weighted by molar-refractivity contribution is 0.0783. The van der Waals surface area contributed by atoms with E-state index < -0.39 is 17.8 Å². The first-order valence-corrected chi connectivity index (χ1v) is 14.1. The Balaban J connectivity index is 1.45. The van der Waals surface area contributed by atoms with E-state index in [2.05, 4.69) is 50.8 Å². The highest BCUT2D eigenvalue weighted by molar-refractivity contribution is 7.99. The van der Waals surface area contributed by atoms with Crippen LogP contribution in [0.2, 0.25) is 0 Å². The van der Waals surface area contributed by atoms with Crippen LogP contribution < -0.4 is 0 Å². The molecule has 1 aromatic rings. The summed E-state index contributed by atoms with van der Waals surface area (Å²) in [6.07, 6.45) is 11.4. The quantitative estimate of drug-likeness (QED) is 0.304. The molecule has 1 aromatic carbocycles. The zero-order chi connectivity index (χ0) is 25.4. The van der Waals surface area contributed by atoms with Gasteiger partial charge >= 0.3 is 0 Å². The number of aliphatic hydroxyl groups excluding tert-OH is 2. The standard InChI is InChI=1S/C31H42O3S/c1-20(19-35-26-10-6-9-24(17-26)30(3,4)34)27-13-14-28-22(8-7-15-31(27,28)5)11-12-23-16-25(32)18-29(33)21(23)2/h6,9-13,17,20,25,28-29,32-34H,2,7-8,14-16,18-19H2,1,3-5H3/b22-11+,23-12-/t20-,25+,28-,29-,31+/m0/s1. The van der Waals surface area contributed by atoms with Gasteiger partial charge in [0.1, 0.15) is 0 Å². The Morgan fingerprint density at radius 3 is 2.77 bits per heavy atom. The SMILES string of the molecule is C=C1/C(=C\C=C2/CCC[C@]3(C)C([C@@H](C)CSc4cccc(C(C)(C)O)c4)=CC[C@@H]23)C[C@@H](O)C[C@@H]1O. The van der Waals surface area contributed by atoms with E-state index in [0.29, 0.717) is 24.7 Å². The number of allylic oxidation sites excluding steroid dienone is 5. The number of hydrogen-bond acceptors (Lipinski definition) is 4. The monoisotopic (exact) mass is 494 g/mol. The van der Waals surface area contributed by atoms with Crippen molar-refractivity contribution in [2.24, 2.45) is 17.3 Å². The summed E-state index contributed by atoms with van der Waals surface area (Å²) in [5.41, 5.74) is 5.17. The van der Waals surface area contributed by atoms with E-state index in [1.54, 1.807) is 5.57 Å². The van der Waals surface area contributed by atoms with Gasteiger partial charge in [-0.05, 0) is 92.0 Å². The Bertz CT molecular complexity index is 1040. The number of aliphatic hydroxyl groups is 3. The van der Waals surface area contributed by atoms with Crippen LogP contribution in [-0.2, 0) is 5.60 Å². The van der Waals surface area contributed by atoms with E-state index >= 15 is 0 Å². The first-order valence-electron chi connectivity index (χ1n) is 13.1. The molecule has 4 heteroatoms. The molecule has 0 radical (unpaired) electrons. The van der Waals surface area contributed by atoms with Gasteiger partial charge < -0.3 is 15.3 Å². The van der Waals surface area contributed by atoms with Crippen molar-refractivity contribution in [3.63, 3.8) is 0 Å². The predicted molar refractivity (Wildman–Crippen MR) is 146 cm³/mol. The maximum Gasteiger partial charge on any atom is 0.0840 e. The van der Waals surface area contributed by atoms with Crippen LogP contribution in [0.1, 0.15) is 71.8 Å². The van der Waals surface area contributed by atoms with Gasteiger partial charge in [0.2, 0.25) is 0 Å². The summed E-state index contributed by atoms with van der Waals surface area (Å²) in [7, 11) is 0. The van der Waals surface area contributed by atoms with Crippen molar-refractivity contribution in [2.75, 3.05) is 5.75 Å². The van der Waals surface area contributed by atoms with Crippen molar-refractivity contribution >= 4 is 11.8 Å². The first kappa shape index (κ1) is 26.5. The van der Waals surface area contributed by atoms with E-state index in [4.69, 9.17) is 0 Å². The second-order valence-electron chi connectivity index (χ2n) is 11.6. The molecular weight excluding hydrogens is 452 g/mol. The second-order valence-corrected chi connectivity index (χ2v) is 12.7. The van der Waals surface area contributed by atoms with Crippen LogP contribution in [0.3, 0.4) is 0 Å². The van der Waals surface area contributed by atoms with Gasteiger partial charge in [-0.3, -0.25) is 0 Å². The molecular formula is C31H42O3S. The van der Waals surface area contributed by atoms with Crippen molar-refractivity contribution in [1.29, 1.82) is 0 Å². The number of benzene rings is 1. The zero-order valence-corrected chi connectivity index (χ0v) is 22.6. The van der Waals surface area contributed by atoms with Crippen molar-refractivity contribution in [1.82, 2.24) is 0 Å². The first-order chi connectivity index (χ1) is 16.5. The topological polar surface area (TPSA) is 60.7 Å². The van der Waals surface area contributed by atoms with Crippen molar-refractivity contribution in [2.45, 2.75) is 88.9 Å². The minimum Gasteiger partial charge on any atom is -0.393 e. The van der Waals surface area contributed by atoms with Gasteiger partial charge in [0.25, 0.3) is 0 Å². The summed E-state index contributed by atoms with van der Waals surface area (Å²) in [6.45, 7) is 12.6. The molecule has 190 valence electrons. The van der Waals surface area contributed by atoms with Crippen molar-refractivity contribution < 1.29 is 15.3 Å². The molecule has 4 rings (SSSR count). The molecule has 3 nitrogen and oxygen atoms in total. The maximum absolute atomic E-state index is 10.4. The lowest BCUT2D eigenvalue weighted by atomic mass is 9.62. The molecule has 0 aliphatic heterocycles. The Hall–Kier alpha value is -1.59. The fraction of sp³-hybridized carbons (Fsp3) is 0.548. The Morgan fingerprint density at radius 1 is 1.26 bits per heavy atom. The number of fused-ring (bicyclic) bond motifs is 1. The highest BCUT2D eigenvalue weighted by atomic mass is 32.2. The highest BCUT2D eigenvalue weighted by Crippen LogP contribution is 2.57. The summed E-state index contributed by atoms with van der Waals surface area (Å²) in [5, 5.41) is 30.6. The minimum absolute atomic E-state index is 0.195. The van der Waals surface area contributed by atoms with Crippen LogP contribution in [0.25, 0.3) is 0 Å². The van der Waals surface area contributed by atoms with Crippen LogP contribution in [-0.4, -0.2) is 33.3 Å². The lowest BCUT2D eigenvalue weighted by Crippen LogP contribution is -2.33. The van der Waals surface area contributed by atoms with Gasteiger partial charge in [-0.1, -0.05) is 61.9 Å². The van der Waals surface area contributed by atoms with Gasteiger partial charge in [-0.25, -0.2) is 0 Å². The average molecular weight is 495 g/mol. The normalized spacial score (nSPS) is 32.6. The van der Waals surface area contributed by atoms with Gasteiger partial charge in [0.05, 0.1) is 17.8 Å². The second kappa shape index (κ2) is 10.4. The largest absolute Gasteiger partial charge is 0.393 e. The zero-order valence-electron chi connectivity index (χ0n) is 21.8. The van der Waals surface area contributed by atoms with E-state index in [-0.39, 0.29) is 5.41 Å². The fourth-order valence-electron chi connectivity index (χ4n) is 6.36. The van der Waals surface area contributed by atoms with Crippen LogP contribution in [0, 0.1) is 17.3 Å². The summed E-state index contributed by atoms with van der Waals surface area (Å²) in [6, 6.07) is 8.29. The summed E-state index contributed by atoms with van der Waals surface area (Å²) >= 11 is 1.88. The Kier molecular flexibility index (Phi) is 7.88. The van der Waals surface area contributed by atoms with Crippen LogP contribution >= 0.6 is 11.8 Å². The molecule has 0 unspecified atom stereocenters. The molecule has 0 amide bonds. The smallest absolute Gasteiger partial charge is 0.0840 e. The molecule has 3 N–H and O–H groups in total. The third kappa shape index (κ3) is 5.72. The van der Waals surface area contributed by atoms with Gasteiger partial charge in [-0.15, -0.1) is 11.8 Å². The number of hydrogen-bond donors (Lipinski definition) is 3. The van der Waals surface area contributed by atoms with Crippen LogP contribution in [0.15, 0.2) is 76.3 Å². The molecule has 0 spiro atoms. The summed E-state index contributed by atoms with van der Waals surface area (Å²) in [4.78, 5) is 1.21.